The van der Waals surface area contributed by atoms with Crippen LogP contribution in [-0.2, 0) is 19.6 Å². The first kappa shape index (κ1) is 19.4. The van der Waals surface area contributed by atoms with Crippen LogP contribution in [0.5, 0.6) is 5.75 Å². The van der Waals surface area contributed by atoms with E-state index in [2.05, 4.69) is 4.74 Å². The first-order valence-corrected chi connectivity index (χ1v) is 9.00. The molecule has 0 spiro atoms. The minimum absolute atomic E-state index is 0.127. The molecule has 0 aliphatic rings. The van der Waals surface area contributed by atoms with Crippen molar-refractivity contribution < 1.29 is 27.5 Å². The highest BCUT2D eigenvalue weighted by Gasteiger charge is 2.25. The Bertz CT molecular complexity index is 892. The van der Waals surface area contributed by atoms with Gasteiger partial charge in [0.25, 0.3) is 5.91 Å². The van der Waals surface area contributed by atoms with E-state index in [9.17, 15) is 18.0 Å². The van der Waals surface area contributed by atoms with Crippen LogP contribution in [0.15, 0.2) is 53.4 Å². The number of nitrogens with zero attached hydrogens (tertiary/aromatic N) is 1. The molecule has 0 bridgehead atoms. The van der Waals surface area contributed by atoms with E-state index in [-0.39, 0.29) is 10.6 Å². The van der Waals surface area contributed by atoms with E-state index in [1.807, 2.05) is 19.1 Å². The Morgan fingerprint density at radius 3 is 2.12 bits per heavy atom. The molecule has 0 aliphatic heterocycles. The first-order chi connectivity index (χ1) is 12.2. The van der Waals surface area contributed by atoms with Crippen LogP contribution in [0.4, 0.5) is 10.5 Å². The standard InChI is InChI=1S/C17H18N2O6S/c1-12-3-7-14(8-4-12)25-11-16(20)19(17(21)24-2)13-5-9-15(10-6-13)26(18,22)23/h3-10H,11H2,1-2H3,(H2,18,22,23). The Kier molecular flexibility index (Phi) is 5.96. The summed E-state index contributed by atoms with van der Waals surface area (Å²) in [5.41, 5.74) is 1.16. The molecule has 2 N–H and O–H groups in total. The van der Waals surface area contributed by atoms with Crippen molar-refractivity contribution in [2.75, 3.05) is 18.6 Å². The van der Waals surface area contributed by atoms with Gasteiger partial charge in [-0.15, -0.1) is 0 Å². The lowest BCUT2D eigenvalue weighted by atomic mass is 10.2. The van der Waals surface area contributed by atoms with Gasteiger partial charge in [-0.25, -0.2) is 23.3 Å². The second-order valence-corrected chi connectivity index (χ2v) is 6.90. The lowest BCUT2D eigenvalue weighted by molar-refractivity contribution is -0.120. The van der Waals surface area contributed by atoms with E-state index in [0.29, 0.717) is 5.75 Å². The number of hydrogen-bond acceptors (Lipinski definition) is 6. The summed E-state index contributed by atoms with van der Waals surface area (Å²) in [6.45, 7) is 1.51. The molecule has 0 atom stereocenters. The Hall–Kier alpha value is -2.91. The number of ether oxygens (including phenoxy) is 2. The van der Waals surface area contributed by atoms with Crippen LogP contribution in [0, 0.1) is 6.92 Å². The number of carbonyl (C=O) groups is 2. The Morgan fingerprint density at radius 1 is 1.04 bits per heavy atom. The third-order valence-corrected chi connectivity index (χ3v) is 4.34. The number of methoxy groups -OCH3 is 1. The highest BCUT2D eigenvalue weighted by Crippen LogP contribution is 2.19. The zero-order chi connectivity index (χ0) is 19.3. The van der Waals surface area contributed by atoms with Gasteiger partial charge in [-0.2, -0.15) is 0 Å². The monoisotopic (exact) mass is 378 g/mol. The molecule has 0 heterocycles. The van der Waals surface area contributed by atoms with Crippen LogP contribution >= 0.6 is 0 Å². The van der Waals surface area contributed by atoms with Crippen molar-refractivity contribution >= 4 is 27.7 Å². The molecule has 2 amide bonds. The summed E-state index contributed by atoms with van der Waals surface area (Å²) in [7, 11) is -2.76. The van der Waals surface area contributed by atoms with E-state index in [1.165, 1.54) is 24.3 Å². The van der Waals surface area contributed by atoms with E-state index < -0.39 is 28.6 Å². The molecule has 26 heavy (non-hydrogen) atoms. The first-order valence-electron chi connectivity index (χ1n) is 7.45. The minimum Gasteiger partial charge on any atom is -0.484 e. The molecule has 0 aromatic heterocycles. The fourth-order valence-electron chi connectivity index (χ4n) is 2.07. The summed E-state index contributed by atoms with van der Waals surface area (Å²) in [5, 5.41) is 5.03. The number of sulfonamides is 1. The molecule has 2 aromatic rings. The van der Waals surface area contributed by atoms with Crippen molar-refractivity contribution in [2.24, 2.45) is 5.14 Å². The SMILES string of the molecule is COC(=O)N(C(=O)COc1ccc(C)cc1)c1ccc(S(N)(=O)=O)cc1. The number of nitrogens with two attached hydrogens (primary N) is 1. The third-order valence-electron chi connectivity index (χ3n) is 3.41. The fourth-order valence-corrected chi connectivity index (χ4v) is 2.59. The highest BCUT2D eigenvalue weighted by atomic mass is 32.2. The lowest BCUT2D eigenvalue weighted by Gasteiger charge is -2.19. The van der Waals surface area contributed by atoms with Gasteiger partial charge in [0, 0.05) is 0 Å². The number of carbonyl (C=O) groups excluding carboxylic acids is 2. The van der Waals surface area contributed by atoms with Crippen LogP contribution in [0.25, 0.3) is 0 Å². The summed E-state index contributed by atoms with van der Waals surface area (Å²) in [6.07, 6.45) is -0.925. The number of anilines is 1. The van der Waals surface area contributed by atoms with Crippen LogP contribution in [0.2, 0.25) is 0 Å². The van der Waals surface area contributed by atoms with Crippen molar-refractivity contribution in [1.29, 1.82) is 0 Å². The van der Waals surface area contributed by atoms with Crippen molar-refractivity contribution in [3.05, 3.63) is 54.1 Å². The average Bonchev–Trinajstić information content (AvgIpc) is 2.61. The van der Waals surface area contributed by atoms with E-state index in [1.54, 1.807) is 12.1 Å². The molecule has 0 fully saturated rings. The number of amides is 2. The molecule has 0 unspecified atom stereocenters. The van der Waals surface area contributed by atoms with Crippen molar-refractivity contribution in [3.63, 3.8) is 0 Å². The van der Waals surface area contributed by atoms with Gasteiger partial charge in [-0.1, -0.05) is 17.7 Å². The number of hydrogen-bond donors (Lipinski definition) is 1. The van der Waals surface area contributed by atoms with Gasteiger partial charge >= 0.3 is 6.09 Å². The number of rotatable bonds is 5. The fraction of sp³-hybridized carbons (Fsp3) is 0.176. The molecule has 0 saturated heterocycles. The molecular weight excluding hydrogens is 360 g/mol. The molecule has 0 aliphatic carbocycles. The molecule has 138 valence electrons. The second-order valence-electron chi connectivity index (χ2n) is 5.34. The smallest absolute Gasteiger partial charge is 0.421 e. The van der Waals surface area contributed by atoms with Crippen molar-refractivity contribution in [1.82, 2.24) is 0 Å². The highest BCUT2D eigenvalue weighted by molar-refractivity contribution is 7.89. The normalized spacial score (nSPS) is 10.9. The van der Waals surface area contributed by atoms with E-state index >= 15 is 0 Å². The summed E-state index contributed by atoms with van der Waals surface area (Å²) in [6, 6.07) is 12.0. The number of primary sulfonamides is 1. The van der Waals surface area contributed by atoms with Crippen molar-refractivity contribution in [3.8, 4) is 5.75 Å². The summed E-state index contributed by atoms with van der Waals surface area (Å²) in [4.78, 5) is 25.0. The van der Waals surface area contributed by atoms with Gasteiger partial charge in [-0.05, 0) is 43.3 Å². The summed E-state index contributed by atoms with van der Waals surface area (Å²) >= 11 is 0. The van der Waals surface area contributed by atoms with Crippen LogP contribution in [0.3, 0.4) is 0 Å². The maximum absolute atomic E-state index is 12.4. The van der Waals surface area contributed by atoms with Gasteiger partial charge in [0.05, 0.1) is 17.7 Å². The predicted octanol–water partition coefficient (Wildman–Crippen LogP) is 1.82. The van der Waals surface area contributed by atoms with Gasteiger partial charge in [0.1, 0.15) is 5.75 Å². The Balaban J connectivity index is 2.19. The van der Waals surface area contributed by atoms with Gasteiger partial charge in [-0.3, -0.25) is 4.79 Å². The number of aryl methyl sites for hydroxylation is 1. The maximum atomic E-state index is 12.4. The zero-order valence-electron chi connectivity index (χ0n) is 14.2. The van der Waals surface area contributed by atoms with Crippen LogP contribution in [0.1, 0.15) is 5.56 Å². The summed E-state index contributed by atoms with van der Waals surface area (Å²) < 4.78 is 32.6. The van der Waals surface area contributed by atoms with Crippen molar-refractivity contribution in [2.45, 2.75) is 11.8 Å². The molecule has 2 aromatic carbocycles. The average molecular weight is 378 g/mol. The summed E-state index contributed by atoms with van der Waals surface area (Å²) in [5.74, 6) is -0.209. The molecule has 9 heteroatoms. The Morgan fingerprint density at radius 2 is 1.62 bits per heavy atom. The van der Waals surface area contributed by atoms with Gasteiger partial charge < -0.3 is 9.47 Å². The van der Waals surface area contributed by atoms with Gasteiger partial charge in [0.15, 0.2) is 6.61 Å². The second kappa shape index (κ2) is 7.98. The molecule has 0 saturated carbocycles. The predicted molar refractivity (Wildman–Crippen MR) is 94.4 cm³/mol. The molecular formula is C17H18N2O6S. The van der Waals surface area contributed by atoms with E-state index in [0.717, 1.165) is 17.6 Å². The largest absolute Gasteiger partial charge is 0.484 e. The van der Waals surface area contributed by atoms with Crippen LogP contribution in [-0.4, -0.2) is 34.1 Å². The zero-order valence-corrected chi connectivity index (χ0v) is 15.0. The van der Waals surface area contributed by atoms with E-state index in [4.69, 9.17) is 9.88 Å². The molecule has 0 radical (unpaired) electrons. The molecule has 8 nitrogen and oxygen atoms in total. The quantitative estimate of drug-likeness (QED) is 0.848. The third kappa shape index (κ3) is 4.80. The lowest BCUT2D eigenvalue weighted by Crippen LogP contribution is -2.40. The Labute approximate surface area is 151 Å². The van der Waals surface area contributed by atoms with Crippen LogP contribution < -0.4 is 14.8 Å². The maximum Gasteiger partial charge on any atom is 0.421 e. The molecule has 2 rings (SSSR count). The minimum atomic E-state index is -3.89. The number of benzene rings is 2. The topological polar surface area (TPSA) is 116 Å². The number of imide groups is 1. The van der Waals surface area contributed by atoms with Gasteiger partial charge in [0.2, 0.25) is 10.0 Å².